The molecule has 0 aliphatic carbocycles. The van der Waals surface area contributed by atoms with E-state index < -0.39 is 0 Å². The number of nitrogens with two attached hydrogens (primary N) is 2. The SMILES string of the molecule is COc1cccc(C(N)=CC(N)=NCCCN2CCCCC2)c1. The molecule has 1 saturated heterocycles. The van der Waals surface area contributed by atoms with Gasteiger partial charge in [0.05, 0.1) is 7.11 Å². The third-order valence-electron chi connectivity index (χ3n) is 4.08. The average molecular weight is 316 g/mol. The molecule has 0 saturated carbocycles. The maximum absolute atomic E-state index is 6.08. The van der Waals surface area contributed by atoms with Gasteiger partial charge in [-0.3, -0.25) is 4.99 Å². The second kappa shape index (κ2) is 9.20. The van der Waals surface area contributed by atoms with E-state index in [2.05, 4.69) is 9.89 Å². The summed E-state index contributed by atoms with van der Waals surface area (Å²) in [4.78, 5) is 6.91. The van der Waals surface area contributed by atoms with Crippen LogP contribution in [0, 0.1) is 0 Å². The second-order valence-electron chi connectivity index (χ2n) is 5.89. The molecule has 126 valence electrons. The van der Waals surface area contributed by atoms with Crippen molar-refractivity contribution in [2.75, 3.05) is 33.3 Å². The van der Waals surface area contributed by atoms with Gasteiger partial charge in [-0.1, -0.05) is 18.6 Å². The van der Waals surface area contributed by atoms with Gasteiger partial charge in [0.15, 0.2) is 0 Å². The van der Waals surface area contributed by atoms with E-state index in [-0.39, 0.29) is 0 Å². The van der Waals surface area contributed by atoms with Crippen LogP contribution < -0.4 is 16.2 Å². The van der Waals surface area contributed by atoms with Crippen molar-refractivity contribution in [1.82, 2.24) is 4.90 Å². The molecule has 0 atom stereocenters. The summed E-state index contributed by atoms with van der Waals surface area (Å²) in [5.41, 5.74) is 13.5. The largest absolute Gasteiger partial charge is 0.497 e. The van der Waals surface area contributed by atoms with Crippen molar-refractivity contribution in [1.29, 1.82) is 0 Å². The normalized spacial score (nSPS) is 17.3. The Kier molecular flexibility index (Phi) is 6.94. The molecule has 1 aliphatic rings. The van der Waals surface area contributed by atoms with Gasteiger partial charge in [0, 0.05) is 23.9 Å². The van der Waals surface area contributed by atoms with Crippen molar-refractivity contribution in [2.24, 2.45) is 16.5 Å². The van der Waals surface area contributed by atoms with Crippen LogP contribution >= 0.6 is 0 Å². The third kappa shape index (κ3) is 5.94. The summed E-state index contributed by atoms with van der Waals surface area (Å²) in [6.45, 7) is 4.29. The molecule has 4 N–H and O–H groups in total. The number of nitrogens with zero attached hydrogens (tertiary/aromatic N) is 2. The van der Waals surface area contributed by atoms with Gasteiger partial charge in [0.25, 0.3) is 0 Å². The summed E-state index contributed by atoms with van der Waals surface area (Å²) < 4.78 is 5.20. The first-order valence-electron chi connectivity index (χ1n) is 8.33. The molecule has 1 heterocycles. The summed E-state index contributed by atoms with van der Waals surface area (Å²) in [6.07, 6.45) is 6.77. The predicted octanol–water partition coefficient (Wildman–Crippen LogP) is 2.23. The molecular formula is C18H28N4O. The van der Waals surface area contributed by atoms with Crippen LogP contribution in [0.25, 0.3) is 5.70 Å². The standard InChI is InChI=1S/C18H28N4O/c1-23-16-8-5-7-15(13-16)17(19)14-18(20)21-9-6-12-22-10-3-2-4-11-22/h5,7-8,13-14H,2-4,6,9-12,19H2,1H3,(H2,20,21). The molecule has 0 amide bonds. The molecule has 0 spiro atoms. The average Bonchev–Trinajstić information content (AvgIpc) is 2.59. The monoisotopic (exact) mass is 316 g/mol. The number of benzene rings is 1. The van der Waals surface area contributed by atoms with Crippen LogP contribution in [-0.4, -0.2) is 44.0 Å². The molecule has 5 nitrogen and oxygen atoms in total. The van der Waals surface area contributed by atoms with E-state index in [1.165, 1.54) is 32.4 Å². The van der Waals surface area contributed by atoms with E-state index in [9.17, 15) is 0 Å². The highest BCUT2D eigenvalue weighted by atomic mass is 16.5. The van der Waals surface area contributed by atoms with Crippen LogP contribution in [0.15, 0.2) is 35.3 Å². The van der Waals surface area contributed by atoms with Crippen molar-refractivity contribution in [3.63, 3.8) is 0 Å². The highest BCUT2D eigenvalue weighted by Crippen LogP contribution is 2.16. The Labute approximate surface area is 139 Å². The first kappa shape index (κ1) is 17.3. The van der Waals surface area contributed by atoms with Gasteiger partial charge in [-0.2, -0.15) is 0 Å². The smallest absolute Gasteiger partial charge is 0.120 e. The first-order valence-corrected chi connectivity index (χ1v) is 8.33. The van der Waals surface area contributed by atoms with Gasteiger partial charge < -0.3 is 21.1 Å². The predicted molar refractivity (Wildman–Crippen MR) is 96.6 cm³/mol. The number of methoxy groups -OCH3 is 1. The molecule has 1 aromatic carbocycles. The van der Waals surface area contributed by atoms with Crippen LogP contribution in [0.4, 0.5) is 0 Å². The molecule has 0 radical (unpaired) electrons. The van der Waals surface area contributed by atoms with Gasteiger partial charge in [0.2, 0.25) is 0 Å². The topological polar surface area (TPSA) is 76.9 Å². The minimum atomic E-state index is 0.476. The van der Waals surface area contributed by atoms with Crippen LogP contribution in [0.1, 0.15) is 31.2 Å². The minimum absolute atomic E-state index is 0.476. The van der Waals surface area contributed by atoms with E-state index in [1.807, 2.05) is 24.3 Å². The van der Waals surface area contributed by atoms with Crippen LogP contribution in [-0.2, 0) is 0 Å². The third-order valence-corrected chi connectivity index (χ3v) is 4.08. The molecule has 0 unspecified atom stereocenters. The highest BCUT2D eigenvalue weighted by Gasteiger charge is 2.08. The Morgan fingerprint density at radius 2 is 2.04 bits per heavy atom. The molecule has 2 rings (SSSR count). The first-order chi connectivity index (χ1) is 11.2. The molecule has 5 heteroatoms. The van der Waals surface area contributed by atoms with Crippen LogP contribution in [0.3, 0.4) is 0 Å². The van der Waals surface area contributed by atoms with Gasteiger partial charge in [-0.05, 0) is 51.0 Å². The zero-order valence-corrected chi connectivity index (χ0v) is 14.0. The maximum Gasteiger partial charge on any atom is 0.120 e. The van der Waals surface area contributed by atoms with Crippen molar-refractivity contribution in [3.8, 4) is 5.75 Å². The Bertz CT molecular complexity index is 548. The maximum atomic E-state index is 6.08. The van der Waals surface area contributed by atoms with Crippen LogP contribution in [0.2, 0.25) is 0 Å². The van der Waals surface area contributed by atoms with Crippen LogP contribution in [0.5, 0.6) is 5.75 Å². The molecule has 0 aromatic heterocycles. The van der Waals surface area contributed by atoms with Crippen molar-refractivity contribution in [3.05, 3.63) is 35.9 Å². The lowest BCUT2D eigenvalue weighted by Crippen LogP contribution is -2.30. The van der Waals surface area contributed by atoms with E-state index in [0.29, 0.717) is 11.5 Å². The van der Waals surface area contributed by atoms with E-state index in [4.69, 9.17) is 16.2 Å². The summed E-state index contributed by atoms with van der Waals surface area (Å²) >= 11 is 0. The number of hydrogen-bond acceptors (Lipinski definition) is 4. The Hall–Kier alpha value is -2.01. The lowest BCUT2D eigenvalue weighted by molar-refractivity contribution is 0.228. The number of aliphatic imine (C=N–C) groups is 1. The zero-order valence-electron chi connectivity index (χ0n) is 14.0. The number of rotatable bonds is 7. The van der Waals surface area contributed by atoms with Crippen molar-refractivity contribution >= 4 is 11.5 Å². The summed E-state index contributed by atoms with van der Waals surface area (Å²) in [6, 6.07) is 7.60. The quantitative estimate of drug-likeness (QED) is 0.459. The van der Waals surface area contributed by atoms with Crippen molar-refractivity contribution in [2.45, 2.75) is 25.7 Å². The number of likely N-dealkylation sites (tertiary alicyclic amines) is 1. The minimum Gasteiger partial charge on any atom is -0.497 e. The van der Waals surface area contributed by atoms with Gasteiger partial charge in [-0.15, -0.1) is 0 Å². The summed E-state index contributed by atoms with van der Waals surface area (Å²) in [5.74, 6) is 1.25. The van der Waals surface area contributed by atoms with E-state index in [0.717, 1.165) is 30.8 Å². The Balaban J connectivity index is 1.82. The fourth-order valence-electron chi connectivity index (χ4n) is 2.78. The Morgan fingerprint density at radius 3 is 2.78 bits per heavy atom. The number of ether oxygens (including phenoxy) is 1. The molecule has 1 aliphatic heterocycles. The fourth-order valence-corrected chi connectivity index (χ4v) is 2.78. The lowest BCUT2D eigenvalue weighted by atomic mass is 10.1. The molecule has 0 bridgehead atoms. The van der Waals surface area contributed by atoms with E-state index >= 15 is 0 Å². The second-order valence-corrected chi connectivity index (χ2v) is 5.89. The molecule has 23 heavy (non-hydrogen) atoms. The van der Waals surface area contributed by atoms with Gasteiger partial charge >= 0.3 is 0 Å². The number of piperidine rings is 1. The summed E-state index contributed by atoms with van der Waals surface area (Å²) in [7, 11) is 1.64. The molecular weight excluding hydrogens is 288 g/mol. The molecule has 1 fully saturated rings. The fraction of sp³-hybridized carbons (Fsp3) is 0.500. The van der Waals surface area contributed by atoms with Crippen molar-refractivity contribution < 1.29 is 4.74 Å². The van der Waals surface area contributed by atoms with Gasteiger partial charge in [-0.25, -0.2) is 0 Å². The summed E-state index contributed by atoms with van der Waals surface area (Å²) in [5, 5.41) is 0. The van der Waals surface area contributed by atoms with Gasteiger partial charge in [0.1, 0.15) is 11.6 Å². The lowest BCUT2D eigenvalue weighted by Gasteiger charge is -2.25. The van der Waals surface area contributed by atoms with E-state index in [1.54, 1.807) is 13.2 Å². The highest BCUT2D eigenvalue weighted by molar-refractivity contribution is 5.97. The zero-order chi connectivity index (χ0) is 16.5. The Morgan fingerprint density at radius 1 is 1.26 bits per heavy atom. The molecule has 1 aromatic rings. The number of hydrogen-bond donors (Lipinski definition) is 2. The number of amidine groups is 1.